The van der Waals surface area contributed by atoms with E-state index in [4.69, 9.17) is 4.74 Å². The van der Waals surface area contributed by atoms with E-state index in [1.807, 2.05) is 24.3 Å². The fraction of sp³-hybridized carbons (Fsp3) is 0.211. The largest absolute Gasteiger partial charge is 0.448 e. The number of cyclic esters (lactones) is 1. The molecule has 0 spiro atoms. The van der Waals surface area contributed by atoms with E-state index in [-0.39, 0.29) is 5.91 Å². The third kappa shape index (κ3) is 3.00. The molecule has 0 unspecified atom stereocenters. The molecule has 2 aromatic carbocycles. The number of hydrogen-bond donors (Lipinski definition) is 1. The second-order valence-electron chi connectivity index (χ2n) is 5.92. The molecule has 3 aromatic rings. The van der Waals surface area contributed by atoms with Crippen LogP contribution < -0.4 is 5.32 Å². The molecule has 2 heterocycles. The summed E-state index contributed by atoms with van der Waals surface area (Å²) in [6, 6.07) is 13.3. The summed E-state index contributed by atoms with van der Waals surface area (Å²) in [6.07, 6.45) is 0.492. The number of benzene rings is 2. The number of rotatable bonds is 3. The van der Waals surface area contributed by atoms with Crippen molar-refractivity contribution in [2.45, 2.75) is 25.9 Å². The molecular weight excluding hydrogens is 336 g/mol. The first-order chi connectivity index (χ1) is 12.1. The number of carbonyl (C=O) groups is 2. The van der Waals surface area contributed by atoms with E-state index in [0.29, 0.717) is 17.1 Å². The average Bonchev–Trinajstić information content (AvgIpc) is 3.02. The van der Waals surface area contributed by atoms with Crippen molar-refractivity contribution < 1.29 is 14.3 Å². The Labute approximate surface area is 148 Å². The van der Waals surface area contributed by atoms with Crippen LogP contribution in [0.1, 0.15) is 28.4 Å². The van der Waals surface area contributed by atoms with E-state index in [0.717, 1.165) is 22.2 Å². The lowest BCUT2D eigenvalue weighted by Gasteiger charge is -2.23. The second-order valence-corrected chi connectivity index (χ2v) is 6.95. The first-order valence-electron chi connectivity index (χ1n) is 8.13. The maximum absolute atomic E-state index is 12.5. The molecule has 0 radical (unpaired) electrons. The number of amides is 1. The van der Waals surface area contributed by atoms with E-state index in [1.54, 1.807) is 12.1 Å². The fourth-order valence-corrected chi connectivity index (χ4v) is 3.84. The quantitative estimate of drug-likeness (QED) is 0.732. The highest BCUT2D eigenvalue weighted by Crippen LogP contribution is 2.28. The summed E-state index contributed by atoms with van der Waals surface area (Å²) in [4.78, 5) is 29.0. The molecule has 25 heavy (non-hydrogen) atoms. The minimum absolute atomic E-state index is 0.349. The topological polar surface area (TPSA) is 68.3 Å². The van der Waals surface area contributed by atoms with Gasteiger partial charge in [0.15, 0.2) is 11.2 Å². The number of ether oxygens (including phenoxy) is 1. The zero-order chi connectivity index (χ0) is 17.4. The van der Waals surface area contributed by atoms with E-state index in [9.17, 15) is 9.59 Å². The van der Waals surface area contributed by atoms with E-state index < -0.39 is 12.1 Å². The highest BCUT2D eigenvalue weighted by Gasteiger charge is 2.31. The molecule has 0 saturated carbocycles. The number of hydrogen-bond acceptors (Lipinski definition) is 5. The summed E-state index contributed by atoms with van der Waals surface area (Å²) in [6.45, 7) is 2.10. The molecule has 1 N–H and O–H groups in total. The fourth-order valence-electron chi connectivity index (χ4n) is 2.91. The van der Waals surface area contributed by atoms with Gasteiger partial charge in [-0.3, -0.25) is 10.1 Å². The van der Waals surface area contributed by atoms with Gasteiger partial charge in [0.25, 0.3) is 5.91 Å². The second kappa shape index (κ2) is 6.29. The van der Waals surface area contributed by atoms with Crippen molar-refractivity contribution in [1.29, 1.82) is 0 Å². The number of thiazole rings is 1. The van der Waals surface area contributed by atoms with Gasteiger partial charge in [-0.15, -0.1) is 0 Å². The molecule has 0 aliphatic carbocycles. The van der Waals surface area contributed by atoms with Crippen LogP contribution in [0.25, 0.3) is 10.2 Å². The molecule has 0 saturated heterocycles. The number of esters is 1. The third-order valence-corrected chi connectivity index (χ3v) is 5.21. The first kappa shape index (κ1) is 15.8. The standard InChI is InChI=1S/C19H16N2O3S/c1-2-11-7-8-14-16(9-11)25-19(20-14)21-17(22)15-10-12-5-3-4-6-13(12)18(23)24-15/h3-9,15H,2,10H2,1H3,(H,20,21,22)/t15-/m0/s1. The van der Waals surface area contributed by atoms with Gasteiger partial charge in [0.2, 0.25) is 0 Å². The Bertz CT molecular complexity index is 980. The summed E-state index contributed by atoms with van der Waals surface area (Å²) in [5, 5.41) is 3.30. The number of carbonyl (C=O) groups excluding carboxylic acids is 2. The van der Waals surface area contributed by atoms with Crippen LogP contribution >= 0.6 is 11.3 Å². The molecule has 1 amide bonds. The lowest BCUT2D eigenvalue weighted by molar-refractivity contribution is -0.125. The number of nitrogens with one attached hydrogen (secondary N) is 1. The van der Waals surface area contributed by atoms with E-state index in [1.165, 1.54) is 16.9 Å². The number of aromatic nitrogens is 1. The molecule has 126 valence electrons. The number of aryl methyl sites for hydroxylation is 1. The molecule has 6 heteroatoms. The predicted molar refractivity (Wildman–Crippen MR) is 97.0 cm³/mol. The van der Waals surface area contributed by atoms with Crippen LogP contribution in [0.4, 0.5) is 5.13 Å². The van der Waals surface area contributed by atoms with Gasteiger partial charge in [0.1, 0.15) is 0 Å². The Morgan fingerprint density at radius 3 is 3.00 bits per heavy atom. The Morgan fingerprint density at radius 2 is 2.16 bits per heavy atom. The van der Waals surface area contributed by atoms with Crippen molar-refractivity contribution in [1.82, 2.24) is 4.98 Å². The van der Waals surface area contributed by atoms with Crippen LogP contribution in [0.2, 0.25) is 0 Å². The number of nitrogens with zero attached hydrogens (tertiary/aromatic N) is 1. The minimum atomic E-state index is -0.833. The highest BCUT2D eigenvalue weighted by atomic mass is 32.1. The van der Waals surface area contributed by atoms with Crippen LogP contribution in [0, 0.1) is 0 Å². The molecule has 1 aliphatic rings. The summed E-state index contributed by atoms with van der Waals surface area (Å²) in [5.41, 5.74) is 3.43. The highest BCUT2D eigenvalue weighted by molar-refractivity contribution is 7.22. The minimum Gasteiger partial charge on any atom is -0.448 e. The van der Waals surface area contributed by atoms with Crippen LogP contribution in [0.3, 0.4) is 0 Å². The van der Waals surface area contributed by atoms with Crippen molar-refractivity contribution in [3.05, 3.63) is 59.2 Å². The Balaban J connectivity index is 1.53. The maximum Gasteiger partial charge on any atom is 0.339 e. The van der Waals surface area contributed by atoms with Gasteiger partial charge in [-0.05, 0) is 35.7 Å². The van der Waals surface area contributed by atoms with Crippen molar-refractivity contribution in [3.63, 3.8) is 0 Å². The van der Waals surface area contributed by atoms with Crippen LogP contribution in [0.5, 0.6) is 0 Å². The molecular formula is C19H16N2O3S. The molecule has 0 fully saturated rings. The van der Waals surface area contributed by atoms with Gasteiger partial charge in [0.05, 0.1) is 15.8 Å². The lowest BCUT2D eigenvalue weighted by atomic mass is 9.98. The normalized spacial score (nSPS) is 16.4. The predicted octanol–water partition coefficient (Wildman–Crippen LogP) is 3.58. The first-order valence-corrected chi connectivity index (χ1v) is 8.95. The van der Waals surface area contributed by atoms with Gasteiger partial charge in [-0.1, -0.05) is 42.5 Å². The molecule has 5 nitrogen and oxygen atoms in total. The third-order valence-electron chi connectivity index (χ3n) is 4.28. The number of anilines is 1. The van der Waals surface area contributed by atoms with Crippen LogP contribution in [-0.4, -0.2) is 23.0 Å². The zero-order valence-electron chi connectivity index (χ0n) is 13.6. The SMILES string of the molecule is CCc1ccc2nc(NC(=O)[C@@H]3Cc4ccccc4C(=O)O3)sc2c1. The van der Waals surface area contributed by atoms with Crippen molar-refractivity contribution in [2.75, 3.05) is 5.32 Å². The number of fused-ring (bicyclic) bond motifs is 2. The summed E-state index contributed by atoms with van der Waals surface area (Å²) >= 11 is 1.42. The van der Waals surface area contributed by atoms with Crippen LogP contribution in [-0.2, 0) is 22.4 Å². The summed E-state index contributed by atoms with van der Waals surface area (Å²) < 4.78 is 6.31. The van der Waals surface area contributed by atoms with Gasteiger partial charge >= 0.3 is 5.97 Å². The van der Waals surface area contributed by atoms with Gasteiger partial charge < -0.3 is 4.74 Å². The van der Waals surface area contributed by atoms with Gasteiger partial charge in [-0.25, -0.2) is 9.78 Å². The molecule has 1 aliphatic heterocycles. The smallest absolute Gasteiger partial charge is 0.339 e. The summed E-state index contributed by atoms with van der Waals surface area (Å²) in [5.74, 6) is -0.809. The Morgan fingerprint density at radius 1 is 1.32 bits per heavy atom. The average molecular weight is 352 g/mol. The molecule has 4 rings (SSSR count). The van der Waals surface area contributed by atoms with E-state index >= 15 is 0 Å². The summed E-state index contributed by atoms with van der Waals surface area (Å²) in [7, 11) is 0. The van der Waals surface area contributed by atoms with Gasteiger partial charge in [-0.2, -0.15) is 0 Å². The molecule has 0 bridgehead atoms. The monoisotopic (exact) mass is 352 g/mol. The molecule has 1 aromatic heterocycles. The van der Waals surface area contributed by atoms with Crippen LogP contribution in [0.15, 0.2) is 42.5 Å². The lowest BCUT2D eigenvalue weighted by Crippen LogP contribution is -2.37. The Hall–Kier alpha value is -2.73. The molecule has 1 atom stereocenters. The van der Waals surface area contributed by atoms with Crippen molar-refractivity contribution in [2.24, 2.45) is 0 Å². The van der Waals surface area contributed by atoms with Gasteiger partial charge in [0, 0.05) is 6.42 Å². The van der Waals surface area contributed by atoms with E-state index in [2.05, 4.69) is 23.3 Å². The maximum atomic E-state index is 12.5. The zero-order valence-corrected chi connectivity index (χ0v) is 14.4. The van der Waals surface area contributed by atoms with Crippen molar-refractivity contribution >= 4 is 38.6 Å². The Kier molecular flexibility index (Phi) is 3.97. The van der Waals surface area contributed by atoms with Crippen molar-refractivity contribution in [3.8, 4) is 0 Å².